The average molecular weight is 342 g/mol. The van der Waals surface area contributed by atoms with Gasteiger partial charge < -0.3 is 15.4 Å². The van der Waals surface area contributed by atoms with Crippen molar-refractivity contribution in [1.29, 1.82) is 0 Å². The first-order chi connectivity index (χ1) is 12.0. The Kier molecular flexibility index (Phi) is 4.97. The topological polar surface area (TPSA) is 67.4 Å². The second-order valence-corrected chi connectivity index (χ2v) is 5.98. The molecular formula is C19H19FN2O3. The van der Waals surface area contributed by atoms with Crippen molar-refractivity contribution in [3.8, 4) is 5.75 Å². The van der Waals surface area contributed by atoms with E-state index in [1.807, 2.05) is 6.07 Å². The lowest BCUT2D eigenvalue weighted by Crippen LogP contribution is -2.34. The molecule has 1 atom stereocenters. The number of fused-ring (bicyclic) bond motifs is 1. The number of nitrogens with one attached hydrogen (secondary N) is 2. The minimum absolute atomic E-state index is 0.0871. The van der Waals surface area contributed by atoms with Crippen LogP contribution in [0, 0.1) is 5.82 Å². The smallest absolute Gasteiger partial charge is 0.265 e. The van der Waals surface area contributed by atoms with E-state index in [4.69, 9.17) is 4.74 Å². The lowest BCUT2D eigenvalue weighted by atomic mass is 10.1. The monoisotopic (exact) mass is 342 g/mol. The highest BCUT2D eigenvalue weighted by Gasteiger charge is 2.23. The van der Waals surface area contributed by atoms with Crippen LogP contribution < -0.4 is 15.4 Å². The molecule has 1 aliphatic heterocycles. The minimum atomic E-state index is -0.510. The van der Waals surface area contributed by atoms with Gasteiger partial charge in [-0.1, -0.05) is 18.2 Å². The van der Waals surface area contributed by atoms with E-state index >= 15 is 0 Å². The molecule has 2 aromatic rings. The van der Waals surface area contributed by atoms with Crippen molar-refractivity contribution in [3.63, 3.8) is 0 Å². The lowest BCUT2D eigenvalue weighted by Gasteiger charge is -2.23. The number of benzene rings is 2. The minimum Gasteiger partial charge on any atom is -0.479 e. The molecule has 0 aliphatic carbocycles. The molecule has 3 rings (SSSR count). The Labute approximate surface area is 145 Å². The number of carbonyl (C=O) groups is 2. The Morgan fingerprint density at radius 2 is 1.92 bits per heavy atom. The third-order valence-electron chi connectivity index (χ3n) is 4.02. The first-order valence-electron chi connectivity index (χ1n) is 8.13. The maximum Gasteiger partial charge on any atom is 0.265 e. The van der Waals surface area contributed by atoms with Crippen LogP contribution >= 0.6 is 0 Å². The lowest BCUT2D eigenvalue weighted by molar-refractivity contribution is -0.123. The zero-order valence-corrected chi connectivity index (χ0v) is 13.8. The highest BCUT2D eigenvalue weighted by molar-refractivity contribution is 5.97. The summed E-state index contributed by atoms with van der Waals surface area (Å²) < 4.78 is 18.3. The number of rotatable bonds is 5. The van der Waals surface area contributed by atoms with Crippen molar-refractivity contribution >= 4 is 17.5 Å². The molecule has 25 heavy (non-hydrogen) atoms. The zero-order chi connectivity index (χ0) is 17.8. The summed E-state index contributed by atoms with van der Waals surface area (Å²) in [5.41, 5.74) is 2.40. The first-order valence-corrected chi connectivity index (χ1v) is 8.13. The second-order valence-electron chi connectivity index (χ2n) is 5.98. The molecule has 5 nitrogen and oxygen atoms in total. The van der Waals surface area contributed by atoms with Crippen molar-refractivity contribution in [1.82, 2.24) is 5.32 Å². The van der Waals surface area contributed by atoms with Crippen LogP contribution in [-0.2, 0) is 22.6 Å². The Morgan fingerprint density at radius 1 is 1.20 bits per heavy atom. The third-order valence-corrected chi connectivity index (χ3v) is 4.02. The fourth-order valence-corrected chi connectivity index (χ4v) is 2.56. The van der Waals surface area contributed by atoms with Gasteiger partial charge in [0.15, 0.2) is 6.10 Å². The normalized spacial score (nSPS) is 15.8. The molecule has 1 aliphatic rings. The maximum absolute atomic E-state index is 12.8. The van der Waals surface area contributed by atoms with Crippen LogP contribution in [0.4, 0.5) is 10.1 Å². The SMILES string of the molecule is CC1Oc2ccc(CNC(=O)CCc3ccc(F)cc3)cc2NC1=O. The fourth-order valence-electron chi connectivity index (χ4n) is 2.56. The second kappa shape index (κ2) is 7.34. The van der Waals surface area contributed by atoms with Gasteiger partial charge in [0.05, 0.1) is 5.69 Å². The Balaban J connectivity index is 1.51. The number of anilines is 1. The summed E-state index contributed by atoms with van der Waals surface area (Å²) in [5, 5.41) is 5.62. The van der Waals surface area contributed by atoms with E-state index in [0.29, 0.717) is 30.8 Å². The maximum atomic E-state index is 12.8. The molecule has 2 N–H and O–H groups in total. The van der Waals surface area contributed by atoms with Gasteiger partial charge in [0, 0.05) is 13.0 Å². The third kappa shape index (κ3) is 4.35. The van der Waals surface area contributed by atoms with E-state index in [0.717, 1.165) is 11.1 Å². The van der Waals surface area contributed by atoms with Gasteiger partial charge in [0.25, 0.3) is 5.91 Å². The molecule has 0 saturated heterocycles. The van der Waals surface area contributed by atoms with E-state index in [9.17, 15) is 14.0 Å². The molecule has 130 valence electrons. The van der Waals surface area contributed by atoms with Gasteiger partial charge in [0.1, 0.15) is 11.6 Å². The van der Waals surface area contributed by atoms with E-state index in [1.165, 1.54) is 12.1 Å². The van der Waals surface area contributed by atoms with Crippen molar-refractivity contribution in [2.45, 2.75) is 32.4 Å². The quantitative estimate of drug-likeness (QED) is 0.878. The average Bonchev–Trinajstić information content (AvgIpc) is 2.60. The predicted molar refractivity (Wildman–Crippen MR) is 91.7 cm³/mol. The summed E-state index contributed by atoms with van der Waals surface area (Å²) >= 11 is 0. The molecule has 0 spiro atoms. The molecule has 2 aromatic carbocycles. The van der Waals surface area contributed by atoms with E-state index in [-0.39, 0.29) is 17.6 Å². The fraction of sp³-hybridized carbons (Fsp3) is 0.263. The van der Waals surface area contributed by atoms with Gasteiger partial charge in [-0.25, -0.2) is 4.39 Å². The summed E-state index contributed by atoms with van der Waals surface area (Å²) in [6.45, 7) is 2.05. The summed E-state index contributed by atoms with van der Waals surface area (Å²) in [5.74, 6) is 0.0634. The van der Waals surface area contributed by atoms with Crippen LogP contribution in [0.3, 0.4) is 0 Å². The molecule has 1 unspecified atom stereocenters. The highest BCUT2D eigenvalue weighted by Crippen LogP contribution is 2.30. The van der Waals surface area contributed by atoms with Crippen LogP contribution in [0.2, 0.25) is 0 Å². The molecule has 0 bridgehead atoms. The number of ether oxygens (including phenoxy) is 1. The van der Waals surface area contributed by atoms with Crippen molar-refractivity contribution < 1.29 is 18.7 Å². The van der Waals surface area contributed by atoms with Crippen molar-refractivity contribution in [2.24, 2.45) is 0 Å². The van der Waals surface area contributed by atoms with Gasteiger partial charge in [0.2, 0.25) is 5.91 Å². The van der Waals surface area contributed by atoms with Crippen LogP contribution in [0.5, 0.6) is 5.75 Å². The number of aryl methyl sites for hydroxylation is 1. The molecule has 0 fully saturated rings. The molecule has 0 radical (unpaired) electrons. The molecule has 0 saturated carbocycles. The summed E-state index contributed by atoms with van der Waals surface area (Å²) in [6, 6.07) is 11.6. The highest BCUT2D eigenvalue weighted by atomic mass is 19.1. The molecule has 2 amide bonds. The number of halogens is 1. The largest absolute Gasteiger partial charge is 0.479 e. The summed E-state index contributed by atoms with van der Waals surface area (Å²) in [4.78, 5) is 23.6. The van der Waals surface area contributed by atoms with Gasteiger partial charge in [-0.3, -0.25) is 9.59 Å². The van der Waals surface area contributed by atoms with Gasteiger partial charge in [-0.15, -0.1) is 0 Å². The molecule has 0 aromatic heterocycles. The summed E-state index contributed by atoms with van der Waals surface area (Å²) in [6.07, 6.45) is 0.371. The zero-order valence-electron chi connectivity index (χ0n) is 13.8. The van der Waals surface area contributed by atoms with Crippen molar-refractivity contribution in [3.05, 3.63) is 59.4 Å². The van der Waals surface area contributed by atoms with Crippen LogP contribution in [-0.4, -0.2) is 17.9 Å². The van der Waals surface area contributed by atoms with E-state index in [1.54, 1.807) is 31.2 Å². The van der Waals surface area contributed by atoms with Crippen molar-refractivity contribution in [2.75, 3.05) is 5.32 Å². The molecule has 6 heteroatoms. The van der Waals surface area contributed by atoms with E-state index < -0.39 is 6.10 Å². The standard InChI is InChI=1S/C19H19FN2O3/c1-12-19(24)22-16-10-14(4-8-17(16)25-12)11-21-18(23)9-5-13-2-6-15(20)7-3-13/h2-4,6-8,10,12H,5,9,11H2,1H3,(H,21,23)(H,22,24). The van der Waals surface area contributed by atoms with Crippen LogP contribution in [0.1, 0.15) is 24.5 Å². The molecular weight excluding hydrogens is 323 g/mol. The van der Waals surface area contributed by atoms with Gasteiger partial charge in [-0.2, -0.15) is 0 Å². The number of hydrogen-bond donors (Lipinski definition) is 2. The van der Waals surface area contributed by atoms with Gasteiger partial charge in [-0.05, 0) is 48.7 Å². The number of amides is 2. The predicted octanol–water partition coefficient (Wildman–Crippen LogP) is 2.79. The van der Waals surface area contributed by atoms with Gasteiger partial charge >= 0.3 is 0 Å². The van der Waals surface area contributed by atoms with Crippen LogP contribution in [0.15, 0.2) is 42.5 Å². The Bertz CT molecular complexity index is 790. The summed E-state index contributed by atoms with van der Waals surface area (Å²) in [7, 11) is 0. The molecule has 1 heterocycles. The van der Waals surface area contributed by atoms with E-state index in [2.05, 4.69) is 10.6 Å². The number of carbonyl (C=O) groups excluding carboxylic acids is 2. The Morgan fingerprint density at radius 3 is 2.68 bits per heavy atom. The number of hydrogen-bond acceptors (Lipinski definition) is 3. The Hall–Kier alpha value is -2.89. The van der Waals surface area contributed by atoms with Crippen LogP contribution in [0.25, 0.3) is 0 Å². The first kappa shape index (κ1) is 17.0.